The first kappa shape index (κ1) is 14.9. The Hall–Kier alpha value is -1.18. The summed E-state index contributed by atoms with van der Waals surface area (Å²) in [5.74, 6) is 0.414. The van der Waals surface area contributed by atoms with Crippen molar-refractivity contribution in [2.75, 3.05) is 0 Å². The third-order valence-electron chi connectivity index (χ3n) is 4.32. The summed E-state index contributed by atoms with van der Waals surface area (Å²) in [6.45, 7) is 12.5. The highest BCUT2D eigenvalue weighted by Crippen LogP contribution is 2.43. The summed E-state index contributed by atoms with van der Waals surface area (Å²) >= 11 is 0. The number of phenols is 2. The van der Waals surface area contributed by atoms with Crippen molar-refractivity contribution in [3.05, 3.63) is 23.3 Å². The van der Waals surface area contributed by atoms with Crippen LogP contribution in [0.4, 0.5) is 0 Å². The van der Waals surface area contributed by atoms with Crippen molar-refractivity contribution in [1.29, 1.82) is 0 Å². The largest absolute Gasteiger partial charge is 0.507 e. The van der Waals surface area contributed by atoms with Gasteiger partial charge < -0.3 is 10.2 Å². The third kappa shape index (κ3) is 2.63. The van der Waals surface area contributed by atoms with Crippen LogP contribution in [-0.2, 0) is 10.8 Å². The highest BCUT2D eigenvalue weighted by atomic mass is 16.3. The molecule has 0 unspecified atom stereocenters. The molecule has 1 rings (SSSR count). The summed E-state index contributed by atoms with van der Waals surface area (Å²) < 4.78 is 0. The van der Waals surface area contributed by atoms with Gasteiger partial charge in [0, 0.05) is 5.56 Å². The van der Waals surface area contributed by atoms with E-state index in [0.29, 0.717) is 5.56 Å². The highest BCUT2D eigenvalue weighted by Gasteiger charge is 2.28. The summed E-state index contributed by atoms with van der Waals surface area (Å²) in [5.41, 5.74) is 1.38. The molecule has 0 aliphatic carbocycles. The van der Waals surface area contributed by atoms with E-state index < -0.39 is 0 Å². The molecule has 0 radical (unpaired) electrons. The van der Waals surface area contributed by atoms with Gasteiger partial charge in [0.05, 0.1) is 0 Å². The van der Waals surface area contributed by atoms with Crippen molar-refractivity contribution < 1.29 is 10.2 Å². The first-order valence-corrected chi connectivity index (χ1v) is 6.72. The van der Waals surface area contributed by atoms with Crippen LogP contribution in [0.25, 0.3) is 0 Å². The van der Waals surface area contributed by atoms with E-state index in [1.54, 1.807) is 12.1 Å². The van der Waals surface area contributed by atoms with Gasteiger partial charge in [-0.2, -0.15) is 0 Å². The third-order valence-corrected chi connectivity index (χ3v) is 4.32. The van der Waals surface area contributed by atoms with Gasteiger partial charge in [0.25, 0.3) is 0 Å². The van der Waals surface area contributed by atoms with Crippen molar-refractivity contribution in [3.63, 3.8) is 0 Å². The van der Waals surface area contributed by atoms with Crippen LogP contribution >= 0.6 is 0 Å². The lowest BCUT2D eigenvalue weighted by atomic mass is 9.77. The molecule has 0 amide bonds. The molecule has 0 fully saturated rings. The Balaban J connectivity index is 3.39. The molecular weight excluding hydrogens is 224 g/mol. The lowest BCUT2D eigenvalue weighted by molar-refractivity contribution is 0.388. The summed E-state index contributed by atoms with van der Waals surface area (Å²) in [6, 6.07) is 3.60. The van der Waals surface area contributed by atoms with Gasteiger partial charge in [0.1, 0.15) is 11.5 Å². The standard InChI is InChI=1S/C16H26O2/c1-7-15(3,4)11-9-12(17)14(13(18)10-11)16(5,6)8-2/h9-10,17-18H,7-8H2,1-6H3. The first-order valence-electron chi connectivity index (χ1n) is 6.72. The lowest BCUT2D eigenvalue weighted by Gasteiger charge is -2.29. The number of rotatable bonds is 4. The Bertz CT molecular complexity index is 408. The fourth-order valence-electron chi connectivity index (χ4n) is 2.08. The minimum absolute atomic E-state index is 0.0378. The minimum atomic E-state index is -0.219. The molecule has 0 bridgehead atoms. The number of aromatic hydroxyl groups is 2. The maximum absolute atomic E-state index is 10.2. The van der Waals surface area contributed by atoms with Gasteiger partial charge in [-0.3, -0.25) is 0 Å². The van der Waals surface area contributed by atoms with Gasteiger partial charge in [-0.1, -0.05) is 41.5 Å². The van der Waals surface area contributed by atoms with Gasteiger partial charge in [-0.05, 0) is 41.4 Å². The van der Waals surface area contributed by atoms with Gasteiger partial charge >= 0.3 is 0 Å². The van der Waals surface area contributed by atoms with Gasteiger partial charge in [0.15, 0.2) is 0 Å². The Labute approximate surface area is 111 Å². The molecule has 0 spiro atoms. The van der Waals surface area contributed by atoms with Crippen LogP contribution in [0.5, 0.6) is 11.5 Å². The average Bonchev–Trinajstić information content (AvgIpc) is 2.27. The van der Waals surface area contributed by atoms with Crippen LogP contribution in [0.1, 0.15) is 65.5 Å². The molecule has 0 aliphatic rings. The Morgan fingerprint density at radius 3 is 1.56 bits per heavy atom. The van der Waals surface area contributed by atoms with E-state index in [1.807, 2.05) is 13.8 Å². The Kier molecular flexibility index (Phi) is 3.99. The molecule has 1 aromatic carbocycles. The zero-order chi connectivity index (χ0) is 14.1. The molecule has 0 aromatic heterocycles. The summed E-state index contributed by atoms with van der Waals surface area (Å²) in [5, 5.41) is 20.5. The number of benzene rings is 1. The van der Waals surface area contributed by atoms with Gasteiger partial charge in [-0.25, -0.2) is 0 Å². The SMILES string of the molecule is CCC(C)(C)c1cc(O)c(C(C)(C)CC)c(O)c1. The molecule has 1 aromatic rings. The van der Waals surface area contributed by atoms with E-state index in [-0.39, 0.29) is 22.3 Å². The Morgan fingerprint density at radius 2 is 1.22 bits per heavy atom. The lowest BCUT2D eigenvalue weighted by Crippen LogP contribution is -2.19. The predicted octanol–water partition coefficient (Wildman–Crippen LogP) is 4.47. The van der Waals surface area contributed by atoms with Crippen LogP contribution in [0.15, 0.2) is 12.1 Å². The van der Waals surface area contributed by atoms with Crippen molar-refractivity contribution in [1.82, 2.24) is 0 Å². The molecule has 2 heteroatoms. The van der Waals surface area contributed by atoms with Crippen molar-refractivity contribution in [2.45, 2.75) is 65.2 Å². The zero-order valence-electron chi connectivity index (χ0n) is 12.5. The van der Waals surface area contributed by atoms with Gasteiger partial charge in [-0.15, -0.1) is 0 Å². The number of hydrogen-bond acceptors (Lipinski definition) is 2. The second-order valence-electron chi connectivity index (χ2n) is 6.36. The van der Waals surface area contributed by atoms with E-state index in [2.05, 4.69) is 27.7 Å². The van der Waals surface area contributed by atoms with Crippen LogP contribution in [0, 0.1) is 0 Å². The second kappa shape index (κ2) is 4.83. The van der Waals surface area contributed by atoms with E-state index >= 15 is 0 Å². The quantitative estimate of drug-likeness (QED) is 0.827. The summed E-state index contributed by atoms with van der Waals surface area (Å²) in [4.78, 5) is 0. The van der Waals surface area contributed by atoms with E-state index in [4.69, 9.17) is 0 Å². The second-order valence-corrected chi connectivity index (χ2v) is 6.36. The van der Waals surface area contributed by atoms with Crippen LogP contribution in [0.3, 0.4) is 0 Å². The van der Waals surface area contributed by atoms with Crippen molar-refractivity contribution in [3.8, 4) is 11.5 Å². The van der Waals surface area contributed by atoms with E-state index in [9.17, 15) is 10.2 Å². The molecule has 2 nitrogen and oxygen atoms in total. The fourth-order valence-corrected chi connectivity index (χ4v) is 2.08. The zero-order valence-corrected chi connectivity index (χ0v) is 12.5. The van der Waals surface area contributed by atoms with Crippen LogP contribution < -0.4 is 0 Å². The number of phenolic OH excluding ortho intramolecular Hbond substituents is 2. The fraction of sp³-hybridized carbons (Fsp3) is 0.625. The summed E-state index contributed by atoms with van der Waals surface area (Å²) in [6.07, 6.45) is 1.83. The number of hydrogen-bond donors (Lipinski definition) is 2. The van der Waals surface area contributed by atoms with Crippen LogP contribution in [0.2, 0.25) is 0 Å². The molecule has 0 atom stereocenters. The first-order chi connectivity index (χ1) is 8.15. The predicted molar refractivity (Wildman–Crippen MR) is 76.4 cm³/mol. The minimum Gasteiger partial charge on any atom is -0.507 e. The highest BCUT2D eigenvalue weighted by molar-refractivity contribution is 5.51. The topological polar surface area (TPSA) is 40.5 Å². The van der Waals surface area contributed by atoms with Gasteiger partial charge in [0.2, 0.25) is 0 Å². The molecule has 0 heterocycles. The molecule has 0 aliphatic heterocycles. The normalized spacial score (nSPS) is 12.8. The summed E-state index contributed by atoms with van der Waals surface area (Å²) in [7, 11) is 0. The monoisotopic (exact) mass is 250 g/mol. The molecule has 102 valence electrons. The molecule has 0 saturated carbocycles. The smallest absolute Gasteiger partial charge is 0.123 e. The molecule has 2 N–H and O–H groups in total. The molecule has 0 saturated heterocycles. The average molecular weight is 250 g/mol. The molecular formula is C16H26O2. The van der Waals surface area contributed by atoms with Crippen molar-refractivity contribution >= 4 is 0 Å². The van der Waals surface area contributed by atoms with E-state index in [0.717, 1.165) is 18.4 Å². The van der Waals surface area contributed by atoms with E-state index in [1.165, 1.54) is 0 Å². The van der Waals surface area contributed by atoms with Crippen molar-refractivity contribution in [2.24, 2.45) is 0 Å². The maximum Gasteiger partial charge on any atom is 0.123 e. The molecule has 18 heavy (non-hydrogen) atoms. The van der Waals surface area contributed by atoms with Crippen LogP contribution in [-0.4, -0.2) is 10.2 Å². The Morgan fingerprint density at radius 1 is 0.833 bits per heavy atom. The maximum atomic E-state index is 10.2.